The van der Waals surface area contributed by atoms with Crippen molar-refractivity contribution in [2.75, 3.05) is 18.6 Å². The molecule has 1 aromatic carbocycles. The Hall–Kier alpha value is -1.24. The lowest BCUT2D eigenvalue weighted by atomic mass is 10.1. The summed E-state index contributed by atoms with van der Waals surface area (Å²) >= 11 is 2.94. The van der Waals surface area contributed by atoms with Crippen LogP contribution in [0.25, 0.3) is 10.1 Å². The second-order valence-corrected chi connectivity index (χ2v) is 7.19. The van der Waals surface area contributed by atoms with Crippen LogP contribution in [0.3, 0.4) is 0 Å². The molecular weight excluding hydrogens is 304 g/mol. The summed E-state index contributed by atoms with van der Waals surface area (Å²) in [5.74, 6) is -0.175. The molecule has 0 bridgehead atoms. The van der Waals surface area contributed by atoms with Crippen molar-refractivity contribution in [1.82, 2.24) is 5.32 Å². The lowest BCUT2D eigenvalue weighted by Gasteiger charge is -2.21. The lowest BCUT2D eigenvalue weighted by Crippen LogP contribution is -2.41. The Morgan fingerprint density at radius 2 is 2.24 bits per heavy atom. The van der Waals surface area contributed by atoms with Crippen LogP contribution in [0.2, 0.25) is 0 Å². The van der Waals surface area contributed by atoms with E-state index >= 15 is 0 Å². The Balaban J connectivity index is 2.25. The maximum absolute atomic E-state index is 12.4. The monoisotopic (exact) mass is 324 g/mol. The number of nitrogens with one attached hydrogen (secondary N) is 1. The Kier molecular flexibility index (Phi) is 5.13. The fourth-order valence-corrected chi connectivity index (χ4v) is 3.83. The zero-order valence-electron chi connectivity index (χ0n) is 12.3. The number of anilines is 1. The van der Waals surface area contributed by atoms with Gasteiger partial charge in [-0.3, -0.25) is 4.79 Å². The minimum Gasteiger partial charge on any atom is -0.397 e. The van der Waals surface area contributed by atoms with Gasteiger partial charge in [0.2, 0.25) is 0 Å². The fourth-order valence-electron chi connectivity index (χ4n) is 2.20. The zero-order valence-corrected chi connectivity index (χ0v) is 14.0. The van der Waals surface area contributed by atoms with Crippen LogP contribution in [-0.4, -0.2) is 35.2 Å². The number of aliphatic hydroxyl groups excluding tert-OH is 1. The third-order valence-corrected chi connectivity index (χ3v) is 5.84. The second kappa shape index (κ2) is 6.68. The summed E-state index contributed by atoms with van der Waals surface area (Å²) in [4.78, 5) is 12.9. The molecule has 4 nitrogen and oxygen atoms in total. The Morgan fingerprint density at radius 1 is 1.52 bits per heavy atom. The van der Waals surface area contributed by atoms with E-state index in [4.69, 9.17) is 5.73 Å². The summed E-state index contributed by atoms with van der Waals surface area (Å²) in [5, 5.41) is 13.1. The third-order valence-electron chi connectivity index (χ3n) is 3.49. The summed E-state index contributed by atoms with van der Waals surface area (Å²) in [6.07, 6.45) is 1.92. The Bertz CT molecular complexity index is 650. The van der Waals surface area contributed by atoms with Crippen molar-refractivity contribution in [3.8, 4) is 0 Å². The third kappa shape index (κ3) is 3.33. The number of fused-ring (bicyclic) bond motifs is 1. The van der Waals surface area contributed by atoms with Gasteiger partial charge in [0.05, 0.1) is 12.3 Å². The van der Waals surface area contributed by atoms with E-state index in [2.05, 4.69) is 5.32 Å². The van der Waals surface area contributed by atoms with Crippen molar-refractivity contribution in [3.63, 3.8) is 0 Å². The normalized spacial score (nSPS) is 14.1. The molecule has 0 saturated heterocycles. The molecule has 0 spiro atoms. The van der Waals surface area contributed by atoms with Crippen molar-refractivity contribution in [3.05, 3.63) is 28.6 Å². The molecule has 1 amide bonds. The van der Waals surface area contributed by atoms with Crippen LogP contribution in [0, 0.1) is 6.92 Å². The molecule has 0 radical (unpaired) electrons. The predicted molar refractivity (Wildman–Crippen MR) is 92.3 cm³/mol. The van der Waals surface area contributed by atoms with Crippen LogP contribution < -0.4 is 11.1 Å². The van der Waals surface area contributed by atoms with Gasteiger partial charge in [-0.1, -0.05) is 11.6 Å². The van der Waals surface area contributed by atoms with E-state index in [0.29, 0.717) is 10.6 Å². The second-order valence-electron chi connectivity index (χ2n) is 5.06. The summed E-state index contributed by atoms with van der Waals surface area (Å²) in [5.41, 5.74) is 7.78. The van der Waals surface area contributed by atoms with E-state index in [0.717, 1.165) is 15.6 Å². The fraction of sp³-hybridized carbons (Fsp3) is 0.400. The molecule has 0 saturated carbocycles. The number of benzene rings is 1. The Labute approximate surface area is 132 Å². The van der Waals surface area contributed by atoms with Gasteiger partial charge in [0.15, 0.2) is 0 Å². The van der Waals surface area contributed by atoms with Crippen LogP contribution in [0.1, 0.15) is 22.2 Å². The first-order chi connectivity index (χ1) is 9.97. The predicted octanol–water partition coefficient (Wildman–Crippen LogP) is 2.63. The topological polar surface area (TPSA) is 75.3 Å². The van der Waals surface area contributed by atoms with E-state index in [1.54, 1.807) is 0 Å². The van der Waals surface area contributed by atoms with Crippen LogP contribution in [-0.2, 0) is 0 Å². The molecule has 114 valence electrons. The number of nitrogen functional groups attached to an aromatic ring is 1. The molecule has 0 aliphatic carbocycles. The number of nitrogens with two attached hydrogens (primary N) is 1. The Morgan fingerprint density at radius 3 is 2.86 bits per heavy atom. The highest BCUT2D eigenvalue weighted by Crippen LogP contribution is 2.34. The van der Waals surface area contributed by atoms with E-state index in [1.165, 1.54) is 23.1 Å². The van der Waals surface area contributed by atoms with E-state index < -0.39 is 0 Å². The molecule has 2 aromatic rings. The zero-order chi connectivity index (χ0) is 15.6. The lowest BCUT2D eigenvalue weighted by molar-refractivity contribution is 0.0941. The molecule has 2 atom stereocenters. The SMILES string of the molecule is CSC(CO)C(C)NC(=O)c1sc2ccc(C)cc2c1N. The average Bonchev–Trinajstić information content (AvgIpc) is 2.77. The first-order valence-corrected chi connectivity index (χ1v) is 8.81. The standard InChI is InChI=1S/C15H20N2O2S2/c1-8-4-5-11-10(6-8)13(16)14(21-11)15(19)17-9(2)12(7-18)20-3/h4-6,9,12,18H,7,16H2,1-3H3,(H,17,19). The smallest absolute Gasteiger partial charge is 0.263 e. The number of thiophene rings is 1. The first kappa shape index (κ1) is 16.1. The highest BCUT2D eigenvalue weighted by atomic mass is 32.2. The maximum Gasteiger partial charge on any atom is 0.263 e. The average molecular weight is 324 g/mol. The molecule has 1 aromatic heterocycles. The van der Waals surface area contributed by atoms with Gasteiger partial charge >= 0.3 is 0 Å². The number of rotatable bonds is 5. The van der Waals surface area contributed by atoms with Crippen molar-refractivity contribution in [2.45, 2.75) is 25.1 Å². The molecule has 0 aliphatic heterocycles. The van der Waals surface area contributed by atoms with Crippen molar-refractivity contribution < 1.29 is 9.90 Å². The number of thioether (sulfide) groups is 1. The molecule has 1 heterocycles. The molecular formula is C15H20N2O2S2. The largest absolute Gasteiger partial charge is 0.397 e. The van der Waals surface area contributed by atoms with Crippen LogP contribution >= 0.6 is 23.1 Å². The number of amides is 1. The van der Waals surface area contributed by atoms with E-state index in [-0.39, 0.29) is 23.8 Å². The highest BCUT2D eigenvalue weighted by molar-refractivity contribution is 7.99. The van der Waals surface area contributed by atoms with Crippen molar-refractivity contribution >= 4 is 44.8 Å². The van der Waals surface area contributed by atoms with Gasteiger partial charge in [-0.15, -0.1) is 11.3 Å². The maximum atomic E-state index is 12.4. The van der Waals surface area contributed by atoms with Gasteiger partial charge in [-0.25, -0.2) is 0 Å². The van der Waals surface area contributed by atoms with Gasteiger partial charge in [0.1, 0.15) is 4.88 Å². The van der Waals surface area contributed by atoms with E-state index in [9.17, 15) is 9.90 Å². The number of carbonyl (C=O) groups is 1. The van der Waals surface area contributed by atoms with Gasteiger partial charge in [0, 0.05) is 21.4 Å². The molecule has 0 aliphatic rings. The molecule has 4 N–H and O–H groups in total. The van der Waals surface area contributed by atoms with Gasteiger partial charge in [0.25, 0.3) is 5.91 Å². The van der Waals surface area contributed by atoms with E-state index in [1.807, 2.05) is 38.3 Å². The minimum atomic E-state index is -0.175. The summed E-state index contributed by atoms with van der Waals surface area (Å²) < 4.78 is 1.01. The first-order valence-electron chi connectivity index (χ1n) is 6.71. The van der Waals surface area contributed by atoms with Gasteiger partial charge < -0.3 is 16.2 Å². The summed E-state index contributed by atoms with van der Waals surface area (Å²) in [6, 6.07) is 5.88. The summed E-state index contributed by atoms with van der Waals surface area (Å²) in [7, 11) is 0. The molecule has 0 fully saturated rings. The van der Waals surface area contributed by atoms with Crippen LogP contribution in [0.15, 0.2) is 18.2 Å². The quantitative estimate of drug-likeness (QED) is 0.790. The number of aliphatic hydroxyl groups is 1. The number of hydrogen-bond donors (Lipinski definition) is 3. The highest BCUT2D eigenvalue weighted by Gasteiger charge is 2.21. The summed E-state index contributed by atoms with van der Waals surface area (Å²) in [6.45, 7) is 3.93. The molecule has 21 heavy (non-hydrogen) atoms. The van der Waals surface area contributed by atoms with Gasteiger partial charge in [-0.2, -0.15) is 11.8 Å². The molecule has 2 rings (SSSR count). The van der Waals surface area contributed by atoms with Crippen LogP contribution in [0.5, 0.6) is 0 Å². The molecule has 2 unspecified atom stereocenters. The van der Waals surface area contributed by atoms with Crippen molar-refractivity contribution in [1.29, 1.82) is 0 Å². The van der Waals surface area contributed by atoms with Gasteiger partial charge in [-0.05, 0) is 32.2 Å². The number of hydrogen-bond acceptors (Lipinski definition) is 5. The number of carbonyl (C=O) groups excluding carboxylic acids is 1. The number of aryl methyl sites for hydroxylation is 1. The van der Waals surface area contributed by atoms with Crippen LogP contribution in [0.4, 0.5) is 5.69 Å². The van der Waals surface area contributed by atoms with Crippen molar-refractivity contribution in [2.24, 2.45) is 0 Å². The molecule has 6 heteroatoms. The minimum absolute atomic E-state index is 0.0215.